The molecule has 0 amide bonds. The van der Waals surface area contributed by atoms with Crippen molar-refractivity contribution in [3.8, 4) is 11.1 Å². The van der Waals surface area contributed by atoms with Crippen molar-refractivity contribution in [1.82, 2.24) is 9.97 Å². The SMILES string of the molecule is CC(C)(C)c1ccc2c(c1)B1c3cc(C(C)(C)C)ccc3C(C)(C)c3ncnc(c31)N2c1cc2c(cc1-c1ccccc1)C(C)(C)CCC2(C)C. The van der Waals surface area contributed by atoms with Crippen molar-refractivity contribution in [3.05, 3.63) is 119 Å². The maximum atomic E-state index is 5.28. The summed E-state index contributed by atoms with van der Waals surface area (Å²) in [6.45, 7) is 28.4. The third kappa shape index (κ3) is 5.14. The summed E-state index contributed by atoms with van der Waals surface area (Å²) < 4.78 is 0. The molecule has 3 nitrogen and oxygen atoms in total. The molecule has 1 aliphatic carbocycles. The fraction of sp³-hybridized carbons (Fsp3) is 0.404. The third-order valence-corrected chi connectivity index (χ3v) is 12.6. The highest BCUT2D eigenvalue weighted by Gasteiger charge is 2.49. The van der Waals surface area contributed by atoms with Gasteiger partial charge in [-0.1, -0.05) is 149 Å². The molecule has 0 saturated carbocycles. The minimum atomic E-state index is -0.287. The van der Waals surface area contributed by atoms with Crippen LogP contribution >= 0.6 is 0 Å². The number of benzene rings is 4. The van der Waals surface area contributed by atoms with Crippen LogP contribution in [0.15, 0.2) is 85.2 Å². The molecule has 3 heterocycles. The van der Waals surface area contributed by atoms with E-state index in [1.54, 1.807) is 0 Å². The number of rotatable bonds is 2. The molecule has 5 aromatic rings. The zero-order valence-corrected chi connectivity index (χ0v) is 32.9. The lowest BCUT2D eigenvalue weighted by Crippen LogP contribution is -2.65. The molecule has 0 atom stereocenters. The van der Waals surface area contributed by atoms with E-state index in [4.69, 9.17) is 9.97 Å². The van der Waals surface area contributed by atoms with Crippen molar-refractivity contribution in [2.24, 2.45) is 0 Å². The first-order valence-corrected chi connectivity index (χ1v) is 19.0. The van der Waals surface area contributed by atoms with Crippen LogP contribution in [0.4, 0.5) is 17.2 Å². The van der Waals surface area contributed by atoms with Gasteiger partial charge in [0.2, 0.25) is 0 Å². The van der Waals surface area contributed by atoms with Gasteiger partial charge in [0.05, 0.1) is 11.4 Å². The first-order chi connectivity index (χ1) is 23.8. The van der Waals surface area contributed by atoms with E-state index in [0.29, 0.717) is 0 Å². The quantitative estimate of drug-likeness (QED) is 0.172. The monoisotopic (exact) mass is 671 g/mol. The molecule has 51 heavy (non-hydrogen) atoms. The highest BCUT2D eigenvalue weighted by atomic mass is 15.2. The van der Waals surface area contributed by atoms with Gasteiger partial charge < -0.3 is 0 Å². The third-order valence-electron chi connectivity index (χ3n) is 12.6. The van der Waals surface area contributed by atoms with Crippen LogP contribution in [-0.2, 0) is 27.1 Å². The van der Waals surface area contributed by atoms with E-state index in [9.17, 15) is 0 Å². The molecule has 0 spiro atoms. The molecule has 1 aromatic heterocycles. The predicted molar refractivity (Wildman–Crippen MR) is 218 cm³/mol. The lowest BCUT2D eigenvalue weighted by Gasteiger charge is -2.46. The van der Waals surface area contributed by atoms with Crippen LogP contribution in [0.1, 0.15) is 129 Å². The lowest BCUT2D eigenvalue weighted by atomic mass is 9.30. The molecule has 4 heteroatoms. The average molecular weight is 672 g/mol. The average Bonchev–Trinajstić information content (AvgIpc) is 3.07. The van der Waals surface area contributed by atoms with Crippen LogP contribution in [0, 0.1) is 0 Å². The van der Waals surface area contributed by atoms with Crippen molar-refractivity contribution in [2.75, 3.05) is 4.90 Å². The van der Waals surface area contributed by atoms with Gasteiger partial charge in [-0.25, -0.2) is 9.97 Å². The molecule has 0 bridgehead atoms. The van der Waals surface area contributed by atoms with Crippen LogP contribution in [0.5, 0.6) is 0 Å². The van der Waals surface area contributed by atoms with E-state index in [-0.39, 0.29) is 33.8 Å². The molecule has 0 fully saturated rings. The van der Waals surface area contributed by atoms with Crippen LogP contribution in [0.2, 0.25) is 0 Å². The summed E-state index contributed by atoms with van der Waals surface area (Å²) in [7, 11) is 0. The smallest absolute Gasteiger partial charge is 0.251 e. The Hall–Kier alpha value is -4.18. The van der Waals surface area contributed by atoms with Crippen molar-refractivity contribution in [1.29, 1.82) is 0 Å². The molecular formula is C47H54BN3. The van der Waals surface area contributed by atoms with Gasteiger partial charge in [0, 0.05) is 16.7 Å². The second-order valence-electron chi connectivity index (χ2n) is 19.5. The fourth-order valence-electron chi connectivity index (χ4n) is 9.22. The van der Waals surface area contributed by atoms with Crippen molar-refractivity contribution >= 4 is 40.3 Å². The predicted octanol–water partition coefficient (Wildman–Crippen LogP) is 10.0. The van der Waals surface area contributed by atoms with Crippen molar-refractivity contribution in [3.63, 3.8) is 0 Å². The van der Waals surface area contributed by atoms with E-state index < -0.39 is 0 Å². The normalized spacial score (nSPS) is 18.0. The van der Waals surface area contributed by atoms with Gasteiger partial charge in [-0.05, 0) is 97.0 Å². The van der Waals surface area contributed by atoms with E-state index in [1.165, 1.54) is 73.1 Å². The van der Waals surface area contributed by atoms with Crippen LogP contribution in [0.3, 0.4) is 0 Å². The number of anilines is 3. The van der Waals surface area contributed by atoms with Crippen LogP contribution < -0.4 is 21.3 Å². The topological polar surface area (TPSA) is 29.0 Å². The Balaban J connectivity index is 1.50. The zero-order chi connectivity index (χ0) is 36.5. The Labute approximate surface area is 307 Å². The fourth-order valence-corrected chi connectivity index (χ4v) is 9.22. The Morgan fingerprint density at radius 2 is 1.20 bits per heavy atom. The van der Waals surface area contributed by atoms with E-state index in [1.807, 2.05) is 6.33 Å². The molecule has 2 aliphatic heterocycles. The number of fused-ring (bicyclic) bond motifs is 5. The highest BCUT2D eigenvalue weighted by molar-refractivity contribution is 6.98. The van der Waals surface area contributed by atoms with Crippen LogP contribution in [0.25, 0.3) is 11.1 Å². The molecule has 0 saturated heterocycles. The van der Waals surface area contributed by atoms with Gasteiger partial charge in [-0.15, -0.1) is 0 Å². The molecule has 8 rings (SSSR count). The molecule has 3 aliphatic rings. The Bertz CT molecular complexity index is 2210. The summed E-state index contributed by atoms with van der Waals surface area (Å²) >= 11 is 0. The van der Waals surface area contributed by atoms with Crippen LogP contribution in [-0.4, -0.2) is 16.7 Å². The minimum absolute atomic E-state index is 0.00317. The molecule has 4 aromatic carbocycles. The first kappa shape index (κ1) is 33.9. The van der Waals surface area contributed by atoms with Crippen molar-refractivity contribution < 1.29 is 0 Å². The zero-order valence-electron chi connectivity index (χ0n) is 32.9. The van der Waals surface area contributed by atoms with Gasteiger partial charge in [-0.3, -0.25) is 4.90 Å². The van der Waals surface area contributed by atoms with Gasteiger partial charge in [-0.2, -0.15) is 0 Å². The highest BCUT2D eigenvalue weighted by Crippen LogP contribution is 2.52. The Morgan fingerprint density at radius 3 is 1.82 bits per heavy atom. The Kier molecular flexibility index (Phi) is 7.27. The largest absolute Gasteiger partial charge is 0.295 e. The summed E-state index contributed by atoms with van der Waals surface area (Å²) in [5, 5.41) is 0. The second kappa shape index (κ2) is 10.9. The summed E-state index contributed by atoms with van der Waals surface area (Å²) in [5.41, 5.74) is 16.9. The number of hydrogen-bond donors (Lipinski definition) is 0. The summed E-state index contributed by atoms with van der Waals surface area (Å²) in [5.74, 6) is 1.01. The molecule has 0 N–H and O–H groups in total. The second-order valence-corrected chi connectivity index (χ2v) is 19.5. The maximum Gasteiger partial charge on any atom is 0.251 e. The number of hydrogen-bond acceptors (Lipinski definition) is 3. The summed E-state index contributed by atoms with van der Waals surface area (Å²) in [4.78, 5) is 12.9. The first-order valence-electron chi connectivity index (χ1n) is 19.0. The van der Waals surface area contributed by atoms with Gasteiger partial charge in [0.1, 0.15) is 12.1 Å². The van der Waals surface area contributed by atoms with Gasteiger partial charge in [0.15, 0.2) is 0 Å². The summed E-state index contributed by atoms with van der Waals surface area (Å²) in [6, 6.07) is 30.5. The Morgan fingerprint density at radius 1 is 0.608 bits per heavy atom. The summed E-state index contributed by atoms with van der Waals surface area (Å²) in [6.07, 6.45) is 4.15. The van der Waals surface area contributed by atoms with E-state index in [2.05, 4.69) is 167 Å². The number of aromatic nitrogens is 2. The molecule has 0 unspecified atom stereocenters. The van der Waals surface area contributed by atoms with E-state index in [0.717, 1.165) is 17.9 Å². The molecule has 0 radical (unpaired) electrons. The number of nitrogens with zero attached hydrogens (tertiary/aromatic N) is 3. The minimum Gasteiger partial charge on any atom is -0.295 e. The standard InChI is InChI=1S/C47H54BN3/c1-43(2,3)30-18-20-33-36(24-30)48-37-25-31(44(4,5)6)19-21-38(37)51(42-40(48)41(47(33,11)12)49-28-50-42)39-27-35-34(45(7,8)22-23-46(35,9)10)26-32(39)29-16-14-13-15-17-29/h13-21,24-28H,22-23H2,1-12H3. The van der Waals surface area contributed by atoms with Crippen molar-refractivity contribution in [2.45, 2.75) is 123 Å². The maximum absolute atomic E-state index is 5.28. The lowest BCUT2D eigenvalue weighted by molar-refractivity contribution is 0.332. The molecular weight excluding hydrogens is 617 g/mol. The van der Waals surface area contributed by atoms with Gasteiger partial charge in [0.25, 0.3) is 6.71 Å². The van der Waals surface area contributed by atoms with E-state index >= 15 is 0 Å². The molecule has 260 valence electrons. The van der Waals surface area contributed by atoms with Gasteiger partial charge >= 0.3 is 0 Å².